The molecule has 4 N–H and O–H groups in total. The number of carbonyl (C=O) groups excluding carboxylic acids is 3. The fourth-order valence-corrected chi connectivity index (χ4v) is 10.2. The van der Waals surface area contributed by atoms with E-state index < -0.39 is 75.5 Å². The SMILES string of the molecule is CCCCCCCCCCCCCCCC(=O)OC[C@H](COP(=O)([O-])OCCNC(=O)CCC(C(=O)O)N1CCN(CC(=O)O)Cc2cccc(n2)CN(CC(=O)O)CC1)OC(=O)CCCCCCCCCCCCCCC.[Gd+3]. The van der Waals surface area contributed by atoms with Crippen LogP contribution in [0.4, 0.5) is 0 Å². The minimum atomic E-state index is -5.02. The Labute approximate surface area is 504 Å². The van der Waals surface area contributed by atoms with Crippen LogP contribution in [0.5, 0.6) is 0 Å². The number of phosphoric ester groups is 1. The second-order valence-electron chi connectivity index (χ2n) is 21.0. The molecule has 2 rings (SSSR count). The number of aromatic nitrogens is 1. The van der Waals surface area contributed by atoms with Crippen molar-refractivity contribution in [2.75, 3.05) is 65.6 Å². The first-order chi connectivity index (χ1) is 37.6. The quantitative estimate of drug-likeness (QED) is 0.0269. The third-order valence-corrected chi connectivity index (χ3v) is 14.9. The molecule has 1 radical (unpaired) electrons. The van der Waals surface area contributed by atoms with Gasteiger partial charge >= 0.3 is 69.8 Å². The molecule has 1 aliphatic heterocycles. The van der Waals surface area contributed by atoms with E-state index in [-0.39, 0.29) is 125 Å². The molecule has 0 saturated carbocycles. The van der Waals surface area contributed by atoms with Gasteiger partial charge in [0.05, 0.1) is 37.7 Å². The van der Waals surface area contributed by atoms with Gasteiger partial charge in [0.1, 0.15) is 12.6 Å². The zero-order valence-electron chi connectivity index (χ0n) is 47.9. The number of ether oxygens (including phenoxy) is 2. The van der Waals surface area contributed by atoms with E-state index in [1.165, 1.54) is 109 Å². The molecular weight excluding hydrogens is 1180 g/mol. The molecule has 2 unspecified atom stereocenters. The van der Waals surface area contributed by atoms with E-state index in [1.807, 2.05) is 0 Å². The second-order valence-corrected chi connectivity index (χ2v) is 22.4. The Morgan fingerprint density at radius 3 is 1.47 bits per heavy atom. The molecule has 0 spiro atoms. The van der Waals surface area contributed by atoms with Crippen molar-refractivity contribution in [1.82, 2.24) is 25.0 Å². The largest absolute Gasteiger partial charge is 3.00 e. The Morgan fingerprint density at radius 1 is 0.608 bits per heavy atom. The van der Waals surface area contributed by atoms with Gasteiger partial charge in [0.15, 0.2) is 6.10 Å². The average molecular weight is 1280 g/mol. The van der Waals surface area contributed by atoms with E-state index in [0.29, 0.717) is 24.2 Å². The third-order valence-electron chi connectivity index (χ3n) is 13.9. The Morgan fingerprint density at radius 2 is 1.04 bits per heavy atom. The molecule has 0 fully saturated rings. The van der Waals surface area contributed by atoms with Gasteiger partial charge < -0.3 is 44.1 Å². The van der Waals surface area contributed by atoms with E-state index in [1.54, 1.807) is 32.9 Å². The number of aliphatic carboxylic acids is 3. The number of carboxylic acids is 3. The molecule has 1 aliphatic rings. The first-order valence-corrected chi connectivity index (χ1v) is 31.1. The summed E-state index contributed by atoms with van der Waals surface area (Å²) in [5.41, 5.74) is 1.14. The van der Waals surface area contributed by atoms with E-state index in [4.69, 9.17) is 18.5 Å². The normalized spacial score (nSPS) is 15.1. The van der Waals surface area contributed by atoms with Gasteiger partial charge in [-0.15, -0.1) is 0 Å². The summed E-state index contributed by atoms with van der Waals surface area (Å²) in [6.45, 7) is 2.63. The number of carbonyl (C=O) groups is 6. The molecule has 2 bridgehead atoms. The van der Waals surface area contributed by atoms with Crippen LogP contribution in [-0.4, -0.2) is 149 Å². The molecule has 79 heavy (non-hydrogen) atoms. The number of rotatable bonds is 47. The summed E-state index contributed by atoms with van der Waals surface area (Å²) in [5.74, 6) is -5.05. The number of unbranched alkanes of at least 4 members (excludes halogenated alkanes) is 24. The number of amides is 1. The zero-order valence-corrected chi connectivity index (χ0v) is 51.1. The minimum Gasteiger partial charge on any atom is -0.756 e. The average Bonchev–Trinajstić information content (AvgIpc) is 3.38. The van der Waals surface area contributed by atoms with Crippen molar-refractivity contribution in [3.8, 4) is 0 Å². The Bertz CT molecular complexity index is 1830. The summed E-state index contributed by atoms with van der Waals surface area (Å²) >= 11 is 0. The van der Waals surface area contributed by atoms with Crippen molar-refractivity contribution in [3.63, 3.8) is 0 Å². The maximum absolute atomic E-state index is 13.0. The van der Waals surface area contributed by atoms with Gasteiger partial charge in [-0.25, -0.2) is 0 Å². The number of hydrogen-bond acceptors (Lipinski definition) is 16. The first kappa shape index (κ1) is 74.3. The zero-order chi connectivity index (χ0) is 57.1. The van der Waals surface area contributed by atoms with Gasteiger partial charge in [0, 0.05) is 65.1 Å². The molecule has 2 heterocycles. The van der Waals surface area contributed by atoms with Gasteiger partial charge in [-0.3, -0.25) is 53.0 Å². The van der Waals surface area contributed by atoms with Crippen LogP contribution in [0.25, 0.3) is 0 Å². The molecule has 22 heteroatoms. The van der Waals surface area contributed by atoms with Crippen molar-refractivity contribution >= 4 is 43.6 Å². The Kier molecular flexibility index (Phi) is 44.9. The number of carboxylic acid groups (broad SMARTS) is 3. The predicted octanol–water partition coefficient (Wildman–Crippen LogP) is 9.44. The number of phosphoric acid groups is 1. The van der Waals surface area contributed by atoms with E-state index in [0.717, 1.165) is 44.9 Å². The van der Waals surface area contributed by atoms with Crippen molar-refractivity contribution < 1.29 is 112 Å². The number of nitrogens with zero attached hydrogens (tertiary/aromatic N) is 4. The molecule has 1 aromatic heterocycles. The summed E-state index contributed by atoms with van der Waals surface area (Å²) in [5, 5.41) is 32.0. The van der Waals surface area contributed by atoms with Crippen LogP contribution in [0.1, 0.15) is 218 Å². The smallest absolute Gasteiger partial charge is 0.756 e. The fraction of sp³-hybridized carbons (Fsp3) is 0.807. The summed E-state index contributed by atoms with van der Waals surface area (Å²) in [7, 11) is -5.02. The van der Waals surface area contributed by atoms with E-state index >= 15 is 0 Å². The fourth-order valence-electron chi connectivity index (χ4n) is 9.51. The molecule has 3 atom stereocenters. The van der Waals surface area contributed by atoms with Crippen LogP contribution in [-0.2, 0) is 64.9 Å². The summed E-state index contributed by atoms with van der Waals surface area (Å²) in [6.07, 6.45) is 28.7. The molecule has 1 amide bonds. The van der Waals surface area contributed by atoms with Crippen molar-refractivity contribution in [2.24, 2.45) is 0 Å². The van der Waals surface area contributed by atoms with Crippen molar-refractivity contribution in [2.45, 2.75) is 232 Å². The molecular formula is C57H99GdN5O15P+2. The van der Waals surface area contributed by atoms with Crippen LogP contribution in [0.15, 0.2) is 18.2 Å². The van der Waals surface area contributed by atoms with Crippen molar-refractivity contribution in [3.05, 3.63) is 29.6 Å². The molecule has 0 aromatic carbocycles. The summed E-state index contributed by atoms with van der Waals surface area (Å²) in [4.78, 5) is 97.0. The maximum atomic E-state index is 13.0. The summed E-state index contributed by atoms with van der Waals surface area (Å²) in [6, 6.07) is 4.01. The Balaban J connectivity index is 0.0000312. The number of esters is 2. The number of nitrogens with one attached hydrogen (secondary N) is 1. The van der Waals surface area contributed by atoms with Gasteiger partial charge in [0.25, 0.3) is 7.82 Å². The van der Waals surface area contributed by atoms with Gasteiger partial charge in [-0.1, -0.05) is 174 Å². The number of fused-ring (bicyclic) bond motifs is 2. The van der Waals surface area contributed by atoms with Gasteiger partial charge in [-0.05, 0) is 31.4 Å². The van der Waals surface area contributed by atoms with Crippen LogP contribution in [0.2, 0.25) is 0 Å². The van der Waals surface area contributed by atoms with E-state index in [2.05, 4.69) is 24.1 Å². The molecule has 1 aromatic rings. The predicted molar refractivity (Wildman–Crippen MR) is 296 cm³/mol. The maximum Gasteiger partial charge on any atom is 3.00 e. The van der Waals surface area contributed by atoms with Gasteiger partial charge in [-0.2, -0.15) is 0 Å². The standard InChI is InChI=1S/C57H100N5O15P.Gd/c1-3-5-7-9-11-13-15-17-19-21-23-25-27-32-55(68)74-46-50(77-56(69)33-28-26-24-22-20-18-16-14-12-10-8-6-4-2)47-76-78(72,73)75-41-36-58-52(63)35-34-51(57(70)71)62-39-37-60(44-53(64)65)42-48-30-29-31-49(59-48)43-61(38-40-62)45-54(66)67;/h29-31,50-51H,3-28,32-47H2,1-2H3,(H,58,63)(H,64,65)(H,66,67)(H,70,71)(H,72,73);/q;+3/p-1/t50-,51?;/m1./s1. The molecule has 0 aliphatic carbocycles. The number of hydrogen-bond donors (Lipinski definition) is 4. The van der Waals surface area contributed by atoms with Gasteiger partial charge in [0.2, 0.25) is 5.91 Å². The van der Waals surface area contributed by atoms with Crippen LogP contribution in [0, 0.1) is 39.9 Å². The van der Waals surface area contributed by atoms with Crippen LogP contribution < -0.4 is 10.2 Å². The molecule has 20 nitrogen and oxygen atoms in total. The first-order valence-electron chi connectivity index (χ1n) is 29.6. The van der Waals surface area contributed by atoms with Crippen LogP contribution >= 0.6 is 7.82 Å². The minimum absolute atomic E-state index is 0. The third kappa shape index (κ3) is 41.0. The summed E-state index contributed by atoms with van der Waals surface area (Å²) < 4.78 is 33.9. The van der Waals surface area contributed by atoms with E-state index in [9.17, 15) is 53.5 Å². The topological polar surface area (TPSA) is 275 Å². The second kappa shape index (κ2) is 47.7. The van der Waals surface area contributed by atoms with Crippen molar-refractivity contribution in [1.29, 1.82) is 0 Å². The number of pyridine rings is 1. The molecule has 453 valence electrons. The monoisotopic (exact) mass is 1280 g/mol. The Hall–Kier alpha value is -2.72. The van der Waals surface area contributed by atoms with Crippen LogP contribution in [0.3, 0.4) is 0 Å². The molecule has 0 saturated heterocycles.